The molecule has 1 fully saturated rings. The summed E-state index contributed by atoms with van der Waals surface area (Å²) in [6.07, 6.45) is 2.04. The number of thioether (sulfide) groups is 1. The summed E-state index contributed by atoms with van der Waals surface area (Å²) in [4.78, 5) is 22.6. The van der Waals surface area contributed by atoms with Gasteiger partial charge in [0.25, 0.3) is 5.91 Å². The summed E-state index contributed by atoms with van der Waals surface area (Å²) in [5.74, 6) is 0.0133. The van der Waals surface area contributed by atoms with Crippen LogP contribution in [-0.2, 0) is 4.74 Å². The first kappa shape index (κ1) is 19.4. The van der Waals surface area contributed by atoms with Crippen molar-refractivity contribution in [2.75, 3.05) is 50.5 Å². The number of ether oxygens (including phenoxy) is 1. The van der Waals surface area contributed by atoms with Gasteiger partial charge in [0.2, 0.25) is 0 Å². The molecule has 146 valence electrons. The Morgan fingerprint density at radius 1 is 1.18 bits per heavy atom. The lowest BCUT2D eigenvalue weighted by atomic mass is 10.2. The standard InChI is InChI=1S/C21H23N3O2S2/c1-27-17-8-6-16(7-9-17)20(25)24(11-10-23-12-14-26-15-13-23)21-22-18-4-2-3-5-19(18)28-21/h2-9H,10-15H2,1H3/p+1. The number of amides is 1. The highest BCUT2D eigenvalue weighted by Crippen LogP contribution is 2.29. The Morgan fingerprint density at radius 3 is 2.64 bits per heavy atom. The van der Waals surface area contributed by atoms with E-state index in [-0.39, 0.29) is 5.91 Å². The van der Waals surface area contributed by atoms with Crippen LogP contribution in [0.1, 0.15) is 10.4 Å². The summed E-state index contributed by atoms with van der Waals surface area (Å²) in [5, 5.41) is 0.771. The molecule has 1 saturated heterocycles. The van der Waals surface area contributed by atoms with Crippen LogP contribution in [0.4, 0.5) is 5.13 Å². The molecule has 0 bridgehead atoms. The molecule has 2 aromatic carbocycles. The highest BCUT2D eigenvalue weighted by Gasteiger charge is 2.24. The zero-order chi connectivity index (χ0) is 19.3. The third-order valence-electron chi connectivity index (χ3n) is 4.98. The van der Waals surface area contributed by atoms with Crippen LogP contribution in [0.15, 0.2) is 53.4 Å². The van der Waals surface area contributed by atoms with Crippen LogP contribution >= 0.6 is 23.1 Å². The van der Waals surface area contributed by atoms with Crippen molar-refractivity contribution in [2.24, 2.45) is 0 Å². The highest BCUT2D eigenvalue weighted by atomic mass is 32.2. The molecule has 0 atom stereocenters. The Morgan fingerprint density at radius 2 is 1.93 bits per heavy atom. The zero-order valence-electron chi connectivity index (χ0n) is 15.9. The Kier molecular flexibility index (Phi) is 6.26. The number of aromatic nitrogens is 1. The average molecular weight is 415 g/mol. The second-order valence-corrected chi connectivity index (χ2v) is 8.65. The molecule has 0 unspecified atom stereocenters. The van der Waals surface area contributed by atoms with Crippen molar-refractivity contribution in [3.63, 3.8) is 0 Å². The SMILES string of the molecule is CSc1ccc(C(=O)N(CC[NH+]2CCOCC2)c2nc3ccccc3s2)cc1. The van der Waals surface area contributed by atoms with Gasteiger partial charge in [-0.1, -0.05) is 23.5 Å². The Bertz CT molecular complexity index is 903. The Hall–Kier alpha value is -1.93. The van der Waals surface area contributed by atoms with Gasteiger partial charge in [-0.25, -0.2) is 4.98 Å². The van der Waals surface area contributed by atoms with Crippen molar-refractivity contribution < 1.29 is 14.4 Å². The van der Waals surface area contributed by atoms with Crippen LogP contribution in [0, 0.1) is 0 Å². The number of fused-ring (bicyclic) bond motifs is 1. The maximum Gasteiger partial charge on any atom is 0.260 e. The fourth-order valence-electron chi connectivity index (χ4n) is 3.33. The minimum atomic E-state index is 0.0133. The number of carbonyl (C=O) groups excluding carboxylic acids is 1. The number of rotatable bonds is 6. The molecule has 1 aliphatic rings. The van der Waals surface area contributed by atoms with Crippen LogP contribution in [-0.4, -0.2) is 56.5 Å². The van der Waals surface area contributed by atoms with Crippen molar-refractivity contribution in [2.45, 2.75) is 4.90 Å². The molecule has 1 N–H and O–H groups in total. The summed E-state index contributed by atoms with van der Waals surface area (Å²) in [7, 11) is 0. The van der Waals surface area contributed by atoms with Gasteiger partial charge in [0.05, 0.1) is 36.5 Å². The maximum absolute atomic E-state index is 13.3. The molecular weight excluding hydrogens is 390 g/mol. The number of anilines is 1. The second-order valence-electron chi connectivity index (χ2n) is 6.76. The van der Waals surface area contributed by atoms with Gasteiger partial charge < -0.3 is 9.64 Å². The monoisotopic (exact) mass is 414 g/mol. The number of carbonyl (C=O) groups is 1. The van der Waals surface area contributed by atoms with Crippen molar-refractivity contribution >= 4 is 44.4 Å². The van der Waals surface area contributed by atoms with E-state index in [2.05, 4.69) is 6.07 Å². The summed E-state index contributed by atoms with van der Waals surface area (Å²) in [6.45, 7) is 5.11. The molecular formula is C21H24N3O2S2+. The van der Waals surface area contributed by atoms with Crippen molar-refractivity contribution in [1.29, 1.82) is 0 Å². The minimum Gasteiger partial charge on any atom is -0.370 e. The van der Waals surface area contributed by atoms with E-state index in [1.165, 1.54) is 4.90 Å². The molecule has 28 heavy (non-hydrogen) atoms. The van der Waals surface area contributed by atoms with E-state index in [4.69, 9.17) is 9.72 Å². The van der Waals surface area contributed by atoms with Gasteiger partial charge >= 0.3 is 0 Å². The molecule has 1 aliphatic heterocycles. The summed E-state index contributed by atoms with van der Waals surface area (Å²) in [5.41, 5.74) is 1.64. The molecule has 5 nitrogen and oxygen atoms in total. The van der Waals surface area contributed by atoms with Gasteiger partial charge in [0, 0.05) is 10.5 Å². The zero-order valence-corrected chi connectivity index (χ0v) is 17.5. The molecule has 0 radical (unpaired) electrons. The van der Waals surface area contributed by atoms with Gasteiger partial charge in [0.15, 0.2) is 5.13 Å². The molecule has 0 spiro atoms. The van der Waals surface area contributed by atoms with Crippen molar-refractivity contribution in [3.05, 3.63) is 54.1 Å². The van der Waals surface area contributed by atoms with Crippen LogP contribution in [0.5, 0.6) is 0 Å². The van der Waals surface area contributed by atoms with E-state index in [0.29, 0.717) is 12.1 Å². The molecule has 4 rings (SSSR count). The number of para-hydroxylation sites is 1. The van der Waals surface area contributed by atoms with E-state index in [1.807, 2.05) is 53.6 Å². The number of thiazole rings is 1. The normalized spacial score (nSPS) is 15.0. The fraction of sp³-hybridized carbons (Fsp3) is 0.333. The molecule has 1 aromatic heterocycles. The quantitative estimate of drug-likeness (QED) is 0.630. The number of nitrogens with one attached hydrogen (secondary N) is 1. The first-order valence-corrected chi connectivity index (χ1v) is 11.5. The van der Waals surface area contributed by atoms with Gasteiger partial charge in [-0.2, -0.15) is 0 Å². The van der Waals surface area contributed by atoms with E-state index < -0.39 is 0 Å². The van der Waals surface area contributed by atoms with E-state index in [9.17, 15) is 4.79 Å². The number of benzene rings is 2. The largest absolute Gasteiger partial charge is 0.370 e. The lowest BCUT2D eigenvalue weighted by Gasteiger charge is -2.27. The van der Waals surface area contributed by atoms with E-state index in [1.54, 1.807) is 23.1 Å². The first-order valence-electron chi connectivity index (χ1n) is 9.47. The fourth-order valence-corrected chi connectivity index (χ4v) is 4.73. The highest BCUT2D eigenvalue weighted by molar-refractivity contribution is 7.98. The number of quaternary nitrogens is 1. The molecule has 1 amide bonds. The number of hydrogen-bond donors (Lipinski definition) is 1. The predicted octanol–water partition coefficient (Wildman–Crippen LogP) is 2.58. The van der Waals surface area contributed by atoms with Gasteiger partial charge in [-0.3, -0.25) is 9.69 Å². The van der Waals surface area contributed by atoms with E-state index >= 15 is 0 Å². The van der Waals surface area contributed by atoms with Gasteiger partial charge in [-0.05, 0) is 42.7 Å². The lowest BCUT2D eigenvalue weighted by Crippen LogP contribution is -3.14. The number of morpholine rings is 1. The Labute approximate surface area is 173 Å². The summed E-state index contributed by atoms with van der Waals surface area (Å²) >= 11 is 3.25. The molecule has 0 aliphatic carbocycles. The third kappa shape index (κ3) is 4.38. The van der Waals surface area contributed by atoms with E-state index in [0.717, 1.165) is 53.1 Å². The first-order chi connectivity index (χ1) is 13.7. The van der Waals surface area contributed by atoms with Crippen LogP contribution in [0.3, 0.4) is 0 Å². The van der Waals surface area contributed by atoms with Crippen molar-refractivity contribution in [3.8, 4) is 0 Å². The summed E-state index contributed by atoms with van der Waals surface area (Å²) in [6, 6.07) is 15.9. The average Bonchev–Trinajstić information content (AvgIpc) is 3.18. The minimum absolute atomic E-state index is 0.0133. The summed E-state index contributed by atoms with van der Waals surface area (Å²) < 4.78 is 6.56. The smallest absolute Gasteiger partial charge is 0.260 e. The van der Waals surface area contributed by atoms with Crippen LogP contribution < -0.4 is 9.80 Å². The Balaban J connectivity index is 1.60. The number of nitrogens with zero attached hydrogens (tertiary/aromatic N) is 2. The predicted molar refractivity (Wildman–Crippen MR) is 116 cm³/mol. The molecule has 3 aromatic rings. The van der Waals surface area contributed by atoms with Gasteiger partial charge in [0.1, 0.15) is 13.1 Å². The van der Waals surface area contributed by atoms with Gasteiger partial charge in [-0.15, -0.1) is 11.8 Å². The van der Waals surface area contributed by atoms with Crippen LogP contribution in [0.2, 0.25) is 0 Å². The molecule has 0 saturated carbocycles. The van der Waals surface area contributed by atoms with Crippen molar-refractivity contribution in [1.82, 2.24) is 4.98 Å². The maximum atomic E-state index is 13.3. The topological polar surface area (TPSA) is 46.9 Å². The molecule has 7 heteroatoms. The number of hydrogen-bond acceptors (Lipinski definition) is 5. The third-order valence-corrected chi connectivity index (χ3v) is 6.79. The second kappa shape index (κ2) is 9.05. The van der Waals surface area contributed by atoms with Crippen LogP contribution in [0.25, 0.3) is 10.2 Å². The lowest BCUT2D eigenvalue weighted by molar-refractivity contribution is -0.906. The molecule has 2 heterocycles.